The van der Waals surface area contributed by atoms with Gasteiger partial charge in [0.15, 0.2) is 0 Å². The van der Waals surface area contributed by atoms with Crippen LogP contribution in [-0.2, 0) is 0 Å². The van der Waals surface area contributed by atoms with E-state index in [1.165, 1.54) is 66.8 Å². The molecule has 0 aromatic heterocycles. The van der Waals surface area contributed by atoms with Gasteiger partial charge < -0.3 is 0 Å². The van der Waals surface area contributed by atoms with Gasteiger partial charge in [-0.25, -0.2) is 0 Å². The molecule has 2 rings (SSSR count). The molecule has 0 fully saturated rings. The first-order valence-electron chi connectivity index (χ1n) is 10.1. The van der Waals surface area contributed by atoms with Crippen molar-refractivity contribution >= 4 is 0 Å². The molecule has 0 heterocycles. The van der Waals surface area contributed by atoms with Crippen LogP contribution in [0.4, 0.5) is 0 Å². The highest BCUT2D eigenvalue weighted by molar-refractivity contribution is 5.81. The third-order valence-corrected chi connectivity index (χ3v) is 6.77. The highest BCUT2D eigenvalue weighted by Gasteiger charge is 2.23. The van der Waals surface area contributed by atoms with Crippen LogP contribution in [0.25, 0.3) is 11.1 Å². The zero-order valence-corrected chi connectivity index (χ0v) is 19.2. The minimum atomic E-state index is 0.565. The Morgan fingerprint density at radius 1 is 0.346 bits per heavy atom. The topological polar surface area (TPSA) is 0 Å². The molecule has 0 aliphatic carbocycles. The molecule has 0 heteroatoms. The van der Waals surface area contributed by atoms with Gasteiger partial charge in [0.05, 0.1) is 0 Å². The molecule has 0 radical (unpaired) electrons. The molecule has 0 bridgehead atoms. The van der Waals surface area contributed by atoms with Crippen molar-refractivity contribution in [1.29, 1.82) is 0 Å². The largest absolute Gasteiger partial charge is 0.0587 e. The number of hydrogen-bond donors (Lipinski definition) is 0. The average Bonchev–Trinajstić information content (AvgIpc) is 2.54. The minimum Gasteiger partial charge on any atom is -0.0587 e. The second-order valence-corrected chi connectivity index (χ2v) is 8.89. The van der Waals surface area contributed by atoms with Crippen LogP contribution < -0.4 is 0 Å². The summed E-state index contributed by atoms with van der Waals surface area (Å²) in [7, 11) is 0. The maximum Gasteiger partial charge on any atom is -0.0114 e. The molecule has 0 N–H and O–H groups in total. The number of hydrogen-bond acceptors (Lipinski definition) is 0. The standard InChI is InChI=1S/C26H38/c1-13(2)23-15(5)19(9)25(20(10)16(23)6)26-21(11)17(7)24(14(3)4)18(8)22(26)12/h13-14H,1-12H3. The molecule has 26 heavy (non-hydrogen) atoms. The zero-order valence-electron chi connectivity index (χ0n) is 19.2. The van der Waals surface area contributed by atoms with E-state index in [-0.39, 0.29) is 0 Å². The lowest BCUT2D eigenvalue weighted by atomic mass is 9.77. The van der Waals surface area contributed by atoms with Gasteiger partial charge in [0.25, 0.3) is 0 Å². The van der Waals surface area contributed by atoms with Crippen LogP contribution in [0.2, 0.25) is 0 Å². The van der Waals surface area contributed by atoms with E-state index < -0.39 is 0 Å². The summed E-state index contributed by atoms with van der Waals surface area (Å²) in [6.45, 7) is 27.8. The molecule has 0 unspecified atom stereocenters. The summed E-state index contributed by atoms with van der Waals surface area (Å²) in [5.41, 5.74) is 17.7. The van der Waals surface area contributed by atoms with Gasteiger partial charge in [-0.3, -0.25) is 0 Å². The van der Waals surface area contributed by atoms with Crippen LogP contribution >= 0.6 is 0 Å². The van der Waals surface area contributed by atoms with Crippen LogP contribution in [0.15, 0.2) is 0 Å². The fourth-order valence-corrected chi connectivity index (χ4v) is 5.17. The molecule has 0 atom stereocenters. The van der Waals surface area contributed by atoms with Gasteiger partial charge >= 0.3 is 0 Å². The van der Waals surface area contributed by atoms with Crippen LogP contribution in [0.3, 0.4) is 0 Å². The summed E-state index contributed by atoms with van der Waals surface area (Å²) in [5, 5.41) is 0. The Kier molecular flexibility index (Phi) is 5.76. The van der Waals surface area contributed by atoms with E-state index in [1.54, 1.807) is 0 Å². The van der Waals surface area contributed by atoms with Crippen molar-refractivity contribution in [2.24, 2.45) is 0 Å². The Labute approximate surface area is 162 Å². The fourth-order valence-electron chi connectivity index (χ4n) is 5.17. The van der Waals surface area contributed by atoms with Crippen molar-refractivity contribution < 1.29 is 0 Å². The maximum atomic E-state index is 2.32. The Hall–Kier alpha value is -1.56. The molecule has 0 spiro atoms. The summed E-state index contributed by atoms with van der Waals surface area (Å²) in [6, 6.07) is 0. The normalized spacial score (nSPS) is 11.8. The lowest BCUT2D eigenvalue weighted by Crippen LogP contribution is -2.09. The van der Waals surface area contributed by atoms with Crippen molar-refractivity contribution in [3.63, 3.8) is 0 Å². The molecule has 2 aromatic rings. The smallest absolute Gasteiger partial charge is 0.0114 e. The third kappa shape index (κ3) is 3.02. The highest BCUT2D eigenvalue weighted by Crippen LogP contribution is 2.43. The quantitative estimate of drug-likeness (QED) is 0.525. The van der Waals surface area contributed by atoms with Crippen molar-refractivity contribution in [3.05, 3.63) is 55.6 Å². The summed E-state index contributed by atoms with van der Waals surface area (Å²) in [4.78, 5) is 0. The Bertz CT molecular complexity index is 729. The highest BCUT2D eigenvalue weighted by atomic mass is 14.3. The third-order valence-electron chi connectivity index (χ3n) is 6.77. The van der Waals surface area contributed by atoms with E-state index in [1.807, 2.05) is 0 Å². The molecular weight excluding hydrogens is 312 g/mol. The SMILES string of the molecule is Cc1c(C)c(C(C)C)c(C)c(C)c1-c1c(C)c(C)c(C(C)C)c(C)c1C. The predicted molar refractivity (Wildman–Crippen MR) is 118 cm³/mol. The summed E-state index contributed by atoms with van der Waals surface area (Å²) in [5.74, 6) is 1.13. The van der Waals surface area contributed by atoms with Gasteiger partial charge in [0.1, 0.15) is 0 Å². The van der Waals surface area contributed by atoms with Gasteiger partial charge in [0.2, 0.25) is 0 Å². The van der Waals surface area contributed by atoms with E-state index in [9.17, 15) is 0 Å². The molecule has 142 valence electrons. The molecule has 0 aliphatic heterocycles. The number of rotatable bonds is 3. The van der Waals surface area contributed by atoms with Gasteiger partial charge in [0, 0.05) is 0 Å². The Balaban J connectivity index is 3.00. The van der Waals surface area contributed by atoms with E-state index in [0.29, 0.717) is 11.8 Å². The summed E-state index contributed by atoms with van der Waals surface area (Å²) in [6.07, 6.45) is 0. The second-order valence-electron chi connectivity index (χ2n) is 8.89. The van der Waals surface area contributed by atoms with Gasteiger partial charge in [-0.1, -0.05) is 27.7 Å². The van der Waals surface area contributed by atoms with E-state index in [0.717, 1.165) is 0 Å². The molecule has 0 saturated heterocycles. The van der Waals surface area contributed by atoms with Crippen molar-refractivity contribution in [1.82, 2.24) is 0 Å². The maximum absolute atomic E-state index is 2.32. The molecular formula is C26H38. The predicted octanol–water partition coefficient (Wildman–Crippen LogP) is 8.07. The molecule has 0 saturated carbocycles. The van der Waals surface area contributed by atoms with Crippen molar-refractivity contribution in [2.45, 2.75) is 94.9 Å². The molecule has 2 aromatic carbocycles. The molecule has 0 nitrogen and oxygen atoms in total. The fraction of sp³-hybridized carbons (Fsp3) is 0.538. The Morgan fingerprint density at radius 3 is 0.692 bits per heavy atom. The summed E-state index contributed by atoms with van der Waals surface area (Å²) < 4.78 is 0. The summed E-state index contributed by atoms with van der Waals surface area (Å²) >= 11 is 0. The molecule has 0 aliphatic rings. The zero-order chi connectivity index (χ0) is 20.1. The lowest BCUT2D eigenvalue weighted by Gasteiger charge is -2.28. The van der Waals surface area contributed by atoms with Gasteiger partial charge in [-0.05, 0) is 134 Å². The van der Waals surface area contributed by atoms with E-state index >= 15 is 0 Å². The van der Waals surface area contributed by atoms with Crippen LogP contribution in [0.1, 0.15) is 95.2 Å². The number of benzene rings is 2. The van der Waals surface area contributed by atoms with Crippen molar-refractivity contribution in [2.75, 3.05) is 0 Å². The van der Waals surface area contributed by atoms with E-state index in [2.05, 4.69) is 83.1 Å². The lowest BCUT2D eigenvalue weighted by molar-refractivity contribution is 0.837. The first kappa shape index (κ1) is 20.7. The Morgan fingerprint density at radius 2 is 0.538 bits per heavy atom. The van der Waals surface area contributed by atoms with Crippen LogP contribution in [-0.4, -0.2) is 0 Å². The van der Waals surface area contributed by atoms with E-state index in [4.69, 9.17) is 0 Å². The molecule has 0 amide bonds. The average molecular weight is 351 g/mol. The van der Waals surface area contributed by atoms with Crippen LogP contribution in [0.5, 0.6) is 0 Å². The minimum absolute atomic E-state index is 0.565. The second kappa shape index (κ2) is 7.22. The first-order valence-corrected chi connectivity index (χ1v) is 10.1. The van der Waals surface area contributed by atoms with Gasteiger partial charge in [-0.2, -0.15) is 0 Å². The van der Waals surface area contributed by atoms with Crippen molar-refractivity contribution in [3.8, 4) is 11.1 Å². The first-order chi connectivity index (χ1) is 11.9. The van der Waals surface area contributed by atoms with Gasteiger partial charge in [-0.15, -0.1) is 0 Å². The monoisotopic (exact) mass is 350 g/mol. The van der Waals surface area contributed by atoms with Crippen LogP contribution in [0, 0.1) is 55.4 Å².